The minimum Gasteiger partial charge on any atom is -0.372 e. The molecular formula is C13H27FO. The van der Waals surface area contributed by atoms with Gasteiger partial charge in [-0.1, -0.05) is 41.5 Å². The molecule has 0 unspecified atom stereocenters. The third-order valence-corrected chi connectivity index (χ3v) is 2.74. The van der Waals surface area contributed by atoms with E-state index in [1.165, 1.54) is 0 Å². The average Bonchev–Trinajstić information content (AvgIpc) is 2.35. The summed E-state index contributed by atoms with van der Waals surface area (Å²) < 4.78 is 19.0. The summed E-state index contributed by atoms with van der Waals surface area (Å²) in [4.78, 5) is 0. The van der Waals surface area contributed by atoms with E-state index in [-0.39, 0.29) is 23.5 Å². The molecule has 92 valence electrons. The first-order valence-corrected chi connectivity index (χ1v) is 6.11. The standard InChI is InChI=1S/C11H21FO.C2H6/c1-7-9(6-11(3,4)5)13-8(2)10(7)12;1-2/h7-10H,6H2,1-5H3;1-2H3/t7-,8+,9-,10-;/m1./s1. The first kappa shape index (κ1) is 14.9. The van der Waals surface area contributed by atoms with Crippen LogP contribution in [-0.4, -0.2) is 18.4 Å². The molecule has 1 heterocycles. The van der Waals surface area contributed by atoms with E-state index in [9.17, 15) is 4.39 Å². The van der Waals surface area contributed by atoms with Crippen molar-refractivity contribution in [2.45, 2.75) is 73.3 Å². The van der Waals surface area contributed by atoms with Crippen molar-refractivity contribution in [1.82, 2.24) is 0 Å². The highest BCUT2D eigenvalue weighted by atomic mass is 19.1. The third-order valence-electron chi connectivity index (χ3n) is 2.74. The van der Waals surface area contributed by atoms with E-state index in [2.05, 4.69) is 20.8 Å². The number of hydrogen-bond donors (Lipinski definition) is 0. The molecule has 0 amide bonds. The Hall–Kier alpha value is -0.110. The van der Waals surface area contributed by atoms with Crippen molar-refractivity contribution in [2.75, 3.05) is 0 Å². The van der Waals surface area contributed by atoms with E-state index in [0.29, 0.717) is 0 Å². The lowest BCUT2D eigenvalue weighted by Crippen LogP contribution is -2.23. The lowest BCUT2D eigenvalue weighted by molar-refractivity contribution is 0.0151. The first-order valence-electron chi connectivity index (χ1n) is 6.11. The molecule has 1 aliphatic heterocycles. The van der Waals surface area contributed by atoms with Crippen molar-refractivity contribution in [1.29, 1.82) is 0 Å². The topological polar surface area (TPSA) is 9.23 Å². The Morgan fingerprint density at radius 2 is 1.60 bits per heavy atom. The van der Waals surface area contributed by atoms with Crippen LogP contribution in [0.3, 0.4) is 0 Å². The van der Waals surface area contributed by atoms with Crippen molar-refractivity contribution >= 4 is 0 Å². The van der Waals surface area contributed by atoms with Gasteiger partial charge >= 0.3 is 0 Å². The molecule has 0 aliphatic carbocycles. The molecule has 4 atom stereocenters. The molecule has 0 aromatic rings. The largest absolute Gasteiger partial charge is 0.372 e. The second kappa shape index (κ2) is 5.83. The summed E-state index contributed by atoms with van der Waals surface area (Å²) in [7, 11) is 0. The lowest BCUT2D eigenvalue weighted by atomic mass is 9.84. The zero-order valence-electron chi connectivity index (χ0n) is 11.3. The van der Waals surface area contributed by atoms with Crippen LogP contribution < -0.4 is 0 Å². The molecule has 0 aromatic carbocycles. The molecule has 2 heteroatoms. The summed E-state index contributed by atoms with van der Waals surface area (Å²) in [6.45, 7) is 14.3. The Kier molecular flexibility index (Phi) is 5.79. The average molecular weight is 218 g/mol. The fraction of sp³-hybridized carbons (Fsp3) is 1.00. The van der Waals surface area contributed by atoms with Crippen LogP contribution in [0.15, 0.2) is 0 Å². The third kappa shape index (κ3) is 4.50. The number of hydrogen-bond acceptors (Lipinski definition) is 1. The summed E-state index contributed by atoms with van der Waals surface area (Å²) in [5.41, 5.74) is 0.225. The molecule has 0 bridgehead atoms. The van der Waals surface area contributed by atoms with E-state index in [1.807, 2.05) is 27.7 Å². The van der Waals surface area contributed by atoms with Gasteiger partial charge in [-0.2, -0.15) is 0 Å². The van der Waals surface area contributed by atoms with Gasteiger partial charge in [0.2, 0.25) is 0 Å². The fourth-order valence-electron chi connectivity index (χ4n) is 1.94. The monoisotopic (exact) mass is 218 g/mol. The van der Waals surface area contributed by atoms with Crippen LogP contribution in [-0.2, 0) is 4.74 Å². The maximum Gasteiger partial charge on any atom is 0.131 e. The van der Waals surface area contributed by atoms with Gasteiger partial charge in [-0.15, -0.1) is 0 Å². The second-order valence-electron chi connectivity index (χ2n) is 5.45. The van der Waals surface area contributed by atoms with Crippen LogP contribution in [0.1, 0.15) is 54.9 Å². The quantitative estimate of drug-likeness (QED) is 0.640. The van der Waals surface area contributed by atoms with Gasteiger partial charge < -0.3 is 4.74 Å². The minimum atomic E-state index is -0.785. The summed E-state index contributed by atoms with van der Waals surface area (Å²) in [6.07, 6.45) is 0.0403. The number of halogens is 1. The zero-order valence-corrected chi connectivity index (χ0v) is 11.3. The summed E-state index contributed by atoms with van der Waals surface area (Å²) >= 11 is 0. The second-order valence-corrected chi connectivity index (χ2v) is 5.45. The maximum atomic E-state index is 13.4. The highest BCUT2D eigenvalue weighted by molar-refractivity contribution is 4.88. The van der Waals surface area contributed by atoms with Crippen molar-refractivity contribution in [3.8, 4) is 0 Å². The van der Waals surface area contributed by atoms with Crippen LogP contribution in [0.25, 0.3) is 0 Å². The van der Waals surface area contributed by atoms with Gasteiger partial charge in [-0.3, -0.25) is 0 Å². The van der Waals surface area contributed by atoms with Gasteiger partial charge in [-0.05, 0) is 18.8 Å². The van der Waals surface area contributed by atoms with Gasteiger partial charge in [0.1, 0.15) is 6.17 Å². The minimum absolute atomic E-state index is 0.0502. The normalized spacial score (nSPS) is 36.0. The predicted octanol–water partition coefficient (Wildman–Crippen LogP) is 4.21. The van der Waals surface area contributed by atoms with Gasteiger partial charge in [0.15, 0.2) is 0 Å². The Bertz CT molecular complexity index is 174. The zero-order chi connectivity index (χ0) is 12.2. The molecule has 0 radical (unpaired) electrons. The van der Waals surface area contributed by atoms with Gasteiger partial charge in [-0.25, -0.2) is 4.39 Å². The predicted molar refractivity (Wildman–Crippen MR) is 63.8 cm³/mol. The Morgan fingerprint density at radius 1 is 1.13 bits per heavy atom. The fourth-order valence-corrected chi connectivity index (χ4v) is 1.94. The van der Waals surface area contributed by atoms with Crippen molar-refractivity contribution < 1.29 is 9.13 Å². The molecule has 1 fully saturated rings. The smallest absolute Gasteiger partial charge is 0.131 e. The SMILES string of the molecule is CC.C[C@H]1[C@@H](F)[C@H](C)O[C@@H]1CC(C)(C)C. The van der Waals surface area contributed by atoms with Crippen molar-refractivity contribution in [2.24, 2.45) is 11.3 Å². The molecule has 0 spiro atoms. The molecule has 1 nitrogen and oxygen atoms in total. The van der Waals surface area contributed by atoms with Crippen LogP contribution in [0.4, 0.5) is 4.39 Å². The molecule has 0 N–H and O–H groups in total. The number of ether oxygens (including phenoxy) is 1. The van der Waals surface area contributed by atoms with E-state index < -0.39 is 6.17 Å². The van der Waals surface area contributed by atoms with E-state index in [4.69, 9.17) is 4.74 Å². The van der Waals surface area contributed by atoms with Gasteiger partial charge in [0.05, 0.1) is 12.2 Å². The Labute approximate surface area is 94.4 Å². The molecule has 0 saturated carbocycles. The summed E-state index contributed by atoms with van der Waals surface area (Å²) in [5, 5.41) is 0. The van der Waals surface area contributed by atoms with Crippen LogP contribution in [0.5, 0.6) is 0 Å². The molecule has 1 aliphatic rings. The molecule has 1 rings (SSSR count). The Morgan fingerprint density at radius 3 is 1.87 bits per heavy atom. The molecule has 0 aromatic heterocycles. The maximum absolute atomic E-state index is 13.4. The molecule has 1 saturated heterocycles. The van der Waals surface area contributed by atoms with E-state index >= 15 is 0 Å². The van der Waals surface area contributed by atoms with Crippen molar-refractivity contribution in [3.63, 3.8) is 0 Å². The van der Waals surface area contributed by atoms with Crippen LogP contribution in [0, 0.1) is 11.3 Å². The number of alkyl halides is 1. The molecular weight excluding hydrogens is 191 g/mol. The highest BCUT2D eigenvalue weighted by Gasteiger charge is 2.40. The van der Waals surface area contributed by atoms with Crippen LogP contribution >= 0.6 is 0 Å². The summed E-state index contributed by atoms with van der Waals surface area (Å²) in [6, 6.07) is 0. The lowest BCUT2D eigenvalue weighted by Gasteiger charge is -2.24. The number of rotatable bonds is 1. The van der Waals surface area contributed by atoms with Gasteiger partial charge in [0, 0.05) is 5.92 Å². The summed E-state index contributed by atoms with van der Waals surface area (Å²) in [5.74, 6) is 0.0502. The Balaban J connectivity index is 0.000000921. The van der Waals surface area contributed by atoms with Gasteiger partial charge in [0.25, 0.3) is 0 Å². The van der Waals surface area contributed by atoms with E-state index in [1.54, 1.807) is 0 Å². The molecule has 15 heavy (non-hydrogen) atoms. The highest BCUT2D eigenvalue weighted by Crippen LogP contribution is 2.35. The van der Waals surface area contributed by atoms with Crippen molar-refractivity contribution in [3.05, 3.63) is 0 Å². The van der Waals surface area contributed by atoms with E-state index in [0.717, 1.165) is 6.42 Å². The first-order chi connectivity index (χ1) is 6.81. The van der Waals surface area contributed by atoms with Crippen LogP contribution in [0.2, 0.25) is 0 Å².